The largest absolute Gasteiger partial charge is 0.495 e. The van der Waals surface area contributed by atoms with Gasteiger partial charge in [0.05, 0.1) is 17.5 Å². The maximum absolute atomic E-state index is 11.0. The Kier molecular flexibility index (Phi) is 7.16. The quantitative estimate of drug-likeness (QED) is 0.400. The Labute approximate surface area is 197 Å². The Bertz CT molecular complexity index is 1110. The van der Waals surface area contributed by atoms with Gasteiger partial charge in [-0.2, -0.15) is 0 Å². The first-order chi connectivity index (χ1) is 15.5. The fraction of sp³-hybridized carbons (Fsp3) is 0.458. The standard InChI is InChI=1S/C24H28ClN3O3S/c1-3-17-12-18-23(26-13-15-6-9-20(31-2)19(25)10-15)27-22(28-24(18)32-17)16-7-4-14(5-8-16)11-21(29)30/h6,9-10,12,14,16H,3-5,7-8,11,13H2,1-2H3,(H,29,30)(H,26,27,28). The third-order valence-electron chi connectivity index (χ3n) is 6.16. The average molecular weight is 474 g/mol. The van der Waals surface area contributed by atoms with Gasteiger partial charge < -0.3 is 15.2 Å². The predicted molar refractivity (Wildman–Crippen MR) is 129 cm³/mol. The number of aryl methyl sites for hydroxylation is 1. The van der Waals surface area contributed by atoms with Crippen LogP contribution in [0, 0.1) is 5.92 Å². The van der Waals surface area contributed by atoms with Gasteiger partial charge in [0, 0.05) is 23.8 Å². The van der Waals surface area contributed by atoms with Crippen LogP contribution in [0.25, 0.3) is 10.2 Å². The van der Waals surface area contributed by atoms with Crippen LogP contribution in [-0.2, 0) is 17.8 Å². The molecule has 0 unspecified atom stereocenters. The molecule has 0 amide bonds. The number of halogens is 1. The van der Waals surface area contributed by atoms with Crippen molar-refractivity contribution in [2.75, 3.05) is 12.4 Å². The van der Waals surface area contributed by atoms with Gasteiger partial charge in [-0.25, -0.2) is 9.97 Å². The van der Waals surface area contributed by atoms with Gasteiger partial charge in [-0.3, -0.25) is 4.79 Å². The number of rotatable bonds is 8. The number of aromatic nitrogens is 2. The monoisotopic (exact) mass is 473 g/mol. The number of anilines is 1. The van der Waals surface area contributed by atoms with Gasteiger partial charge in [0.1, 0.15) is 22.2 Å². The highest BCUT2D eigenvalue weighted by Gasteiger charge is 2.26. The van der Waals surface area contributed by atoms with Crippen LogP contribution in [0.15, 0.2) is 24.3 Å². The SMILES string of the molecule is CCc1cc2c(NCc3ccc(OC)c(Cl)c3)nc(C3CCC(CC(=O)O)CC3)nc2s1. The Morgan fingerprint density at radius 2 is 2.03 bits per heavy atom. The van der Waals surface area contributed by atoms with E-state index in [-0.39, 0.29) is 18.3 Å². The summed E-state index contributed by atoms with van der Waals surface area (Å²) < 4.78 is 5.24. The molecule has 8 heteroatoms. The van der Waals surface area contributed by atoms with Crippen molar-refractivity contribution in [2.45, 2.75) is 57.9 Å². The van der Waals surface area contributed by atoms with Crippen molar-refractivity contribution < 1.29 is 14.6 Å². The highest BCUT2D eigenvalue weighted by molar-refractivity contribution is 7.18. The van der Waals surface area contributed by atoms with E-state index in [1.165, 1.54) is 4.88 Å². The summed E-state index contributed by atoms with van der Waals surface area (Å²) in [6.45, 7) is 2.74. The zero-order valence-corrected chi connectivity index (χ0v) is 19.9. The Morgan fingerprint density at radius 1 is 1.25 bits per heavy atom. The number of aliphatic carboxylic acids is 1. The first kappa shape index (κ1) is 22.8. The van der Waals surface area contributed by atoms with Crippen molar-refractivity contribution >= 4 is 44.9 Å². The van der Waals surface area contributed by atoms with Crippen LogP contribution >= 0.6 is 22.9 Å². The van der Waals surface area contributed by atoms with E-state index in [9.17, 15) is 4.79 Å². The van der Waals surface area contributed by atoms with Gasteiger partial charge in [-0.1, -0.05) is 24.6 Å². The van der Waals surface area contributed by atoms with E-state index >= 15 is 0 Å². The molecule has 2 aromatic heterocycles. The minimum Gasteiger partial charge on any atom is -0.495 e. The molecule has 0 saturated heterocycles. The van der Waals surface area contributed by atoms with Gasteiger partial charge in [0.25, 0.3) is 0 Å². The molecule has 2 heterocycles. The van der Waals surface area contributed by atoms with Crippen LogP contribution in [0.4, 0.5) is 5.82 Å². The van der Waals surface area contributed by atoms with Crippen molar-refractivity contribution in [2.24, 2.45) is 5.92 Å². The van der Waals surface area contributed by atoms with Gasteiger partial charge in [-0.05, 0) is 61.8 Å². The molecular weight excluding hydrogens is 446 g/mol. The number of carboxylic acids is 1. The molecular formula is C24H28ClN3O3S. The molecule has 2 N–H and O–H groups in total. The molecule has 6 nitrogen and oxygen atoms in total. The van der Waals surface area contributed by atoms with Gasteiger partial charge >= 0.3 is 5.97 Å². The summed E-state index contributed by atoms with van der Waals surface area (Å²) in [4.78, 5) is 23.2. The van der Waals surface area contributed by atoms with Crippen LogP contribution in [0.1, 0.15) is 61.2 Å². The zero-order chi connectivity index (χ0) is 22.7. The fourth-order valence-corrected chi connectivity index (χ4v) is 5.61. The van der Waals surface area contributed by atoms with Crippen molar-refractivity contribution in [3.63, 3.8) is 0 Å². The molecule has 32 heavy (non-hydrogen) atoms. The molecule has 1 fully saturated rings. The minimum absolute atomic E-state index is 0.259. The van der Waals surface area contributed by atoms with Gasteiger partial charge in [-0.15, -0.1) is 11.3 Å². The number of carbonyl (C=O) groups is 1. The summed E-state index contributed by atoms with van der Waals surface area (Å²) in [6, 6.07) is 7.94. The fourth-order valence-electron chi connectivity index (χ4n) is 4.36. The molecule has 0 aliphatic heterocycles. The summed E-state index contributed by atoms with van der Waals surface area (Å²) in [5.74, 6) is 2.20. The highest BCUT2D eigenvalue weighted by atomic mass is 35.5. The number of hydrogen-bond acceptors (Lipinski definition) is 6. The van der Waals surface area contributed by atoms with Crippen molar-refractivity contribution in [3.8, 4) is 5.75 Å². The molecule has 0 atom stereocenters. The number of thiophene rings is 1. The lowest BCUT2D eigenvalue weighted by atomic mass is 9.80. The molecule has 4 rings (SSSR count). The lowest BCUT2D eigenvalue weighted by Crippen LogP contribution is -2.18. The molecule has 1 aliphatic rings. The third kappa shape index (κ3) is 5.15. The van der Waals surface area contributed by atoms with Crippen molar-refractivity contribution in [3.05, 3.63) is 45.6 Å². The van der Waals surface area contributed by atoms with Crippen LogP contribution in [-0.4, -0.2) is 28.2 Å². The number of nitrogens with one attached hydrogen (secondary N) is 1. The number of nitrogens with zero attached hydrogens (tertiary/aromatic N) is 2. The number of benzene rings is 1. The number of hydrogen-bond donors (Lipinski definition) is 2. The molecule has 0 radical (unpaired) electrons. The molecule has 170 valence electrons. The summed E-state index contributed by atoms with van der Waals surface area (Å²) in [5, 5.41) is 14.2. The predicted octanol–water partition coefficient (Wildman–Crippen LogP) is 6.28. The summed E-state index contributed by atoms with van der Waals surface area (Å²) >= 11 is 8.01. The van der Waals surface area contributed by atoms with E-state index in [1.54, 1.807) is 18.4 Å². The van der Waals surface area contributed by atoms with Crippen LogP contribution in [0.2, 0.25) is 5.02 Å². The summed E-state index contributed by atoms with van der Waals surface area (Å²) in [5.41, 5.74) is 1.05. The number of ether oxygens (including phenoxy) is 1. The second kappa shape index (κ2) is 10.0. The van der Waals surface area contributed by atoms with E-state index in [1.807, 2.05) is 18.2 Å². The number of fused-ring (bicyclic) bond motifs is 1. The molecule has 0 bridgehead atoms. The number of carboxylic acid groups (broad SMARTS) is 1. The first-order valence-corrected chi connectivity index (χ1v) is 12.2. The molecule has 3 aromatic rings. The highest BCUT2D eigenvalue weighted by Crippen LogP contribution is 2.38. The molecule has 1 aromatic carbocycles. The van der Waals surface area contributed by atoms with E-state index in [2.05, 4.69) is 18.3 Å². The molecule has 0 spiro atoms. The molecule has 1 saturated carbocycles. The van der Waals surface area contributed by atoms with Crippen LogP contribution in [0.5, 0.6) is 5.75 Å². The van der Waals surface area contributed by atoms with Gasteiger partial charge in [0.2, 0.25) is 0 Å². The maximum atomic E-state index is 11.0. The maximum Gasteiger partial charge on any atom is 0.303 e. The topological polar surface area (TPSA) is 84.3 Å². The number of methoxy groups -OCH3 is 1. The van der Waals surface area contributed by atoms with E-state index < -0.39 is 5.97 Å². The smallest absolute Gasteiger partial charge is 0.303 e. The van der Waals surface area contributed by atoms with Crippen LogP contribution in [0.3, 0.4) is 0 Å². The van der Waals surface area contributed by atoms with E-state index in [0.717, 1.165) is 59.5 Å². The Morgan fingerprint density at radius 3 is 2.69 bits per heavy atom. The van der Waals surface area contributed by atoms with Crippen molar-refractivity contribution in [1.82, 2.24) is 9.97 Å². The lowest BCUT2D eigenvalue weighted by molar-refractivity contribution is -0.138. The summed E-state index contributed by atoms with van der Waals surface area (Å²) in [6.07, 6.45) is 4.91. The second-order valence-electron chi connectivity index (χ2n) is 8.35. The average Bonchev–Trinajstić information content (AvgIpc) is 3.21. The first-order valence-electron chi connectivity index (χ1n) is 11.0. The third-order valence-corrected chi connectivity index (χ3v) is 7.63. The van der Waals surface area contributed by atoms with E-state index in [0.29, 0.717) is 17.3 Å². The Hall–Kier alpha value is -2.38. The minimum atomic E-state index is -0.707. The summed E-state index contributed by atoms with van der Waals surface area (Å²) in [7, 11) is 1.61. The van der Waals surface area contributed by atoms with Gasteiger partial charge in [0.15, 0.2) is 0 Å². The molecule has 1 aliphatic carbocycles. The van der Waals surface area contributed by atoms with Crippen LogP contribution < -0.4 is 10.1 Å². The second-order valence-corrected chi connectivity index (χ2v) is 9.88. The lowest BCUT2D eigenvalue weighted by Gasteiger charge is -2.26. The zero-order valence-electron chi connectivity index (χ0n) is 18.4. The Balaban J connectivity index is 1.56. The van der Waals surface area contributed by atoms with E-state index in [4.69, 9.17) is 31.4 Å². The normalized spacial score (nSPS) is 18.6. The van der Waals surface area contributed by atoms with Crippen molar-refractivity contribution in [1.29, 1.82) is 0 Å².